The summed E-state index contributed by atoms with van der Waals surface area (Å²) < 4.78 is 43.8. The van der Waals surface area contributed by atoms with E-state index < -0.39 is 47.3 Å². The van der Waals surface area contributed by atoms with Crippen molar-refractivity contribution in [1.29, 1.82) is 0 Å². The van der Waals surface area contributed by atoms with Gasteiger partial charge in [0.1, 0.15) is 0 Å². The molecule has 1 aromatic heterocycles. The Hall–Kier alpha value is -4.15. The summed E-state index contributed by atoms with van der Waals surface area (Å²) in [5.41, 5.74) is 2.90. The van der Waals surface area contributed by atoms with Crippen molar-refractivity contribution in [2.45, 2.75) is 13.1 Å². The number of hydrogen-bond donors (Lipinski definition) is 3. The molecular formula is C24H21F3N4O4. The lowest BCUT2D eigenvalue weighted by atomic mass is 10.2. The number of carbonyl (C=O) groups is 3. The van der Waals surface area contributed by atoms with Crippen molar-refractivity contribution in [3.8, 4) is 0 Å². The molecule has 2 aromatic carbocycles. The maximum atomic E-state index is 13.0. The average molecular weight is 486 g/mol. The number of hydrogen-bond acceptors (Lipinski definition) is 5. The number of H-pyrrole nitrogens is 1. The van der Waals surface area contributed by atoms with Crippen LogP contribution in [0.2, 0.25) is 0 Å². The number of fused-ring (bicyclic) bond motifs is 1. The summed E-state index contributed by atoms with van der Waals surface area (Å²) in [4.78, 5) is 40.8. The number of anilines is 1. The summed E-state index contributed by atoms with van der Waals surface area (Å²) in [6.45, 7) is 1.63. The Morgan fingerprint density at radius 3 is 2.54 bits per heavy atom. The molecular weight excluding hydrogens is 465 g/mol. The summed E-state index contributed by atoms with van der Waals surface area (Å²) in [5, 5.41) is 7.17. The van der Waals surface area contributed by atoms with Gasteiger partial charge in [-0.3, -0.25) is 14.4 Å². The van der Waals surface area contributed by atoms with Crippen molar-refractivity contribution in [3.63, 3.8) is 0 Å². The lowest BCUT2D eigenvalue weighted by Gasteiger charge is -2.10. The third-order valence-electron chi connectivity index (χ3n) is 5.64. The van der Waals surface area contributed by atoms with Crippen molar-refractivity contribution in [2.75, 3.05) is 11.9 Å². The zero-order chi connectivity index (χ0) is 25.2. The molecule has 3 atom stereocenters. The third-order valence-corrected chi connectivity index (χ3v) is 5.64. The number of nitrogens with one attached hydrogen (secondary N) is 3. The summed E-state index contributed by atoms with van der Waals surface area (Å²) in [6.07, 6.45) is -1.45. The fourth-order valence-corrected chi connectivity index (χ4v) is 3.93. The second-order valence-corrected chi connectivity index (χ2v) is 7.92. The fourth-order valence-electron chi connectivity index (χ4n) is 3.93. The minimum absolute atomic E-state index is 0.0460. The highest BCUT2D eigenvalue weighted by Crippen LogP contribution is 2.48. The van der Waals surface area contributed by atoms with Gasteiger partial charge in [-0.25, -0.2) is 5.43 Å². The first kappa shape index (κ1) is 24.0. The van der Waals surface area contributed by atoms with Crippen molar-refractivity contribution in [2.24, 2.45) is 22.9 Å². The van der Waals surface area contributed by atoms with Gasteiger partial charge < -0.3 is 15.0 Å². The van der Waals surface area contributed by atoms with Crippen molar-refractivity contribution < 1.29 is 32.3 Å². The largest absolute Gasteiger partial charge is 0.466 e. The van der Waals surface area contributed by atoms with E-state index in [-0.39, 0.29) is 12.3 Å². The highest BCUT2D eigenvalue weighted by Gasteiger charge is 2.63. The number of para-hydroxylation sites is 1. The van der Waals surface area contributed by atoms with Gasteiger partial charge >= 0.3 is 12.1 Å². The minimum atomic E-state index is -4.58. The number of ether oxygens (including phenoxy) is 1. The van der Waals surface area contributed by atoms with Gasteiger partial charge in [0.05, 0.1) is 36.1 Å². The molecule has 0 bridgehead atoms. The standard InChI is InChI=1S/C24H21F3N4O4/c1-2-35-23(34)20-18(21(32)30-15-7-5-6-14(10-15)24(25,26)27)19(20)22(33)31-29-12-13-11-28-17-9-4-3-8-16(13)17/h3-12,18-20,28H,2H2,1H3,(H,30,32)(H,31,33)/b29-12+/t18-,19+,20-/m0/s1. The molecule has 1 fully saturated rings. The first-order chi connectivity index (χ1) is 16.7. The number of halogens is 3. The molecule has 8 nitrogen and oxygen atoms in total. The zero-order valence-electron chi connectivity index (χ0n) is 18.4. The number of aromatic nitrogens is 1. The topological polar surface area (TPSA) is 113 Å². The van der Waals surface area contributed by atoms with Crippen LogP contribution in [-0.2, 0) is 25.3 Å². The molecule has 182 valence electrons. The van der Waals surface area contributed by atoms with Crippen LogP contribution in [0.4, 0.5) is 18.9 Å². The summed E-state index contributed by atoms with van der Waals surface area (Å²) in [6, 6.07) is 11.6. The number of aromatic amines is 1. The summed E-state index contributed by atoms with van der Waals surface area (Å²) in [5.74, 6) is -5.42. The van der Waals surface area contributed by atoms with Gasteiger partial charge in [-0.05, 0) is 31.2 Å². The molecule has 11 heteroatoms. The highest BCUT2D eigenvalue weighted by molar-refractivity contribution is 6.05. The Morgan fingerprint density at radius 2 is 1.80 bits per heavy atom. The molecule has 2 amide bonds. The Balaban J connectivity index is 1.46. The quantitative estimate of drug-likeness (QED) is 0.269. The molecule has 1 heterocycles. The van der Waals surface area contributed by atoms with Gasteiger partial charge in [0.25, 0.3) is 0 Å². The number of alkyl halides is 3. The van der Waals surface area contributed by atoms with Crippen molar-refractivity contribution in [3.05, 3.63) is 65.9 Å². The van der Waals surface area contributed by atoms with Crippen LogP contribution in [0.25, 0.3) is 10.9 Å². The van der Waals surface area contributed by atoms with Gasteiger partial charge in [0, 0.05) is 28.4 Å². The molecule has 3 N–H and O–H groups in total. The van der Waals surface area contributed by atoms with Crippen LogP contribution >= 0.6 is 0 Å². The highest BCUT2D eigenvalue weighted by atomic mass is 19.4. The monoisotopic (exact) mass is 486 g/mol. The molecule has 0 saturated heterocycles. The maximum Gasteiger partial charge on any atom is 0.416 e. The predicted molar refractivity (Wildman–Crippen MR) is 121 cm³/mol. The van der Waals surface area contributed by atoms with Gasteiger partial charge in [-0.1, -0.05) is 24.3 Å². The lowest BCUT2D eigenvalue weighted by Crippen LogP contribution is -2.24. The van der Waals surface area contributed by atoms with E-state index in [1.165, 1.54) is 12.3 Å². The Kier molecular flexibility index (Phi) is 6.59. The molecule has 0 unspecified atom stereocenters. The maximum absolute atomic E-state index is 13.0. The van der Waals surface area contributed by atoms with E-state index in [0.717, 1.165) is 34.7 Å². The van der Waals surface area contributed by atoms with Crippen LogP contribution < -0.4 is 10.7 Å². The van der Waals surface area contributed by atoms with Crippen LogP contribution in [0.1, 0.15) is 18.1 Å². The van der Waals surface area contributed by atoms with E-state index in [0.29, 0.717) is 0 Å². The molecule has 3 aromatic rings. The van der Waals surface area contributed by atoms with Crippen LogP contribution in [0.3, 0.4) is 0 Å². The molecule has 0 aliphatic heterocycles. The minimum Gasteiger partial charge on any atom is -0.466 e. The van der Waals surface area contributed by atoms with Crippen LogP contribution in [-0.4, -0.2) is 35.6 Å². The van der Waals surface area contributed by atoms with E-state index >= 15 is 0 Å². The van der Waals surface area contributed by atoms with Gasteiger partial charge in [0.2, 0.25) is 11.8 Å². The molecule has 1 aliphatic rings. The van der Waals surface area contributed by atoms with E-state index in [9.17, 15) is 27.6 Å². The van der Waals surface area contributed by atoms with Gasteiger partial charge in [0.15, 0.2) is 0 Å². The number of nitrogens with zero attached hydrogens (tertiary/aromatic N) is 1. The summed E-state index contributed by atoms with van der Waals surface area (Å²) >= 11 is 0. The van der Waals surface area contributed by atoms with E-state index in [4.69, 9.17) is 4.74 Å². The lowest BCUT2D eigenvalue weighted by molar-refractivity contribution is -0.146. The Labute approximate surface area is 197 Å². The first-order valence-electron chi connectivity index (χ1n) is 10.7. The number of benzene rings is 2. The number of rotatable bonds is 7. The van der Waals surface area contributed by atoms with Crippen molar-refractivity contribution in [1.82, 2.24) is 10.4 Å². The number of amides is 2. The first-order valence-corrected chi connectivity index (χ1v) is 10.7. The smallest absolute Gasteiger partial charge is 0.416 e. The summed E-state index contributed by atoms with van der Waals surface area (Å²) in [7, 11) is 0. The Morgan fingerprint density at radius 1 is 1.06 bits per heavy atom. The zero-order valence-corrected chi connectivity index (χ0v) is 18.4. The van der Waals surface area contributed by atoms with E-state index in [2.05, 4.69) is 20.8 Å². The van der Waals surface area contributed by atoms with Gasteiger partial charge in [-0.2, -0.15) is 18.3 Å². The van der Waals surface area contributed by atoms with Crippen molar-refractivity contribution >= 4 is 40.6 Å². The molecule has 35 heavy (non-hydrogen) atoms. The predicted octanol–water partition coefficient (Wildman–Crippen LogP) is 3.70. The molecule has 0 radical (unpaired) electrons. The molecule has 1 saturated carbocycles. The van der Waals surface area contributed by atoms with E-state index in [1.54, 1.807) is 13.1 Å². The van der Waals surface area contributed by atoms with Crippen LogP contribution in [0.5, 0.6) is 0 Å². The molecule has 0 spiro atoms. The second-order valence-electron chi connectivity index (χ2n) is 7.92. The fraction of sp³-hybridized carbons (Fsp3) is 0.250. The normalized spacial score (nSPS) is 19.5. The number of carbonyl (C=O) groups excluding carboxylic acids is 3. The van der Waals surface area contributed by atoms with E-state index in [1.807, 2.05) is 24.3 Å². The van der Waals surface area contributed by atoms with Crippen LogP contribution in [0.15, 0.2) is 59.8 Å². The second kappa shape index (κ2) is 9.61. The SMILES string of the molecule is CCOC(=O)[C@@H]1[C@H](C(=O)N/N=C/c2c[nH]c3ccccc23)[C@@H]1C(=O)Nc1cccc(C(F)(F)F)c1. The van der Waals surface area contributed by atoms with Crippen LogP contribution in [0, 0.1) is 17.8 Å². The molecule has 1 aliphatic carbocycles. The number of hydrazone groups is 1. The molecule has 4 rings (SSSR count). The number of esters is 1. The van der Waals surface area contributed by atoms with Gasteiger partial charge in [-0.15, -0.1) is 0 Å². The third kappa shape index (κ3) is 5.18. The average Bonchev–Trinajstić information content (AvgIpc) is 3.46. The Bertz CT molecular complexity index is 1300.